The van der Waals surface area contributed by atoms with Crippen molar-refractivity contribution in [1.29, 1.82) is 0 Å². The van der Waals surface area contributed by atoms with Crippen LogP contribution in [0.15, 0.2) is 4.79 Å². The number of rotatable bonds is 6. The van der Waals surface area contributed by atoms with Gasteiger partial charge in [0.1, 0.15) is 5.82 Å². The molecule has 0 aliphatic carbocycles. The van der Waals surface area contributed by atoms with E-state index in [0.717, 1.165) is 25.1 Å². The van der Waals surface area contributed by atoms with E-state index in [4.69, 9.17) is 0 Å². The summed E-state index contributed by atoms with van der Waals surface area (Å²) >= 11 is 0. The molecule has 2 aliphatic rings. The van der Waals surface area contributed by atoms with Gasteiger partial charge < -0.3 is 0 Å². The molecule has 1 aromatic rings. The molecule has 9 heteroatoms. The second-order valence-corrected chi connectivity index (χ2v) is 9.21. The molecule has 0 amide bonds. The van der Waals surface area contributed by atoms with Crippen LogP contribution in [-0.4, -0.2) is 46.2 Å². The predicted molar refractivity (Wildman–Crippen MR) is 95.5 cm³/mol. The SMILES string of the molecule is CC(C)CCn1nc2n(c1=O)CCC(NS(=O)(=O)N1CCCC1)CC2. The fraction of sp³-hybridized carbons (Fsp3) is 0.875. The summed E-state index contributed by atoms with van der Waals surface area (Å²) in [6, 6.07) is -0.143. The first-order valence-corrected chi connectivity index (χ1v) is 10.7. The number of nitrogens with zero attached hydrogens (tertiary/aromatic N) is 4. The minimum Gasteiger partial charge on any atom is -0.279 e. The third-order valence-electron chi connectivity index (χ3n) is 5.06. The molecular formula is C16H29N5O3S. The van der Waals surface area contributed by atoms with E-state index in [0.29, 0.717) is 51.4 Å². The van der Waals surface area contributed by atoms with Gasteiger partial charge >= 0.3 is 5.69 Å². The molecule has 0 spiro atoms. The van der Waals surface area contributed by atoms with Gasteiger partial charge in [0.25, 0.3) is 10.2 Å². The Morgan fingerprint density at radius 2 is 1.92 bits per heavy atom. The molecule has 3 heterocycles. The van der Waals surface area contributed by atoms with E-state index in [9.17, 15) is 13.2 Å². The summed E-state index contributed by atoms with van der Waals surface area (Å²) in [7, 11) is -3.41. The average Bonchev–Trinajstić information content (AvgIpc) is 3.13. The van der Waals surface area contributed by atoms with Gasteiger partial charge in [0.15, 0.2) is 0 Å². The highest BCUT2D eigenvalue weighted by atomic mass is 32.2. The van der Waals surface area contributed by atoms with Crippen LogP contribution in [0.2, 0.25) is 0 Å². The highest BCUT2D eigenvalue weighted by Crippen LogP contribution is 2.16. The van der Waals surface area contributed by atoms with Crippen molar-refractivity contribution < 1.29 is 8.42 Å². The molecule has 0 aromatic carbocycles. The monoisotopic (exact) mass is 371 g/mol. The van der Waals surface area contributed by atoms with Crippen molar-refractivity contribution in [2.45, 2.75) is 71.5 Å². The summed E-state index contributed by atoms with van der Waals surface area (Å²) in [4.78, 5) is 12.5. The van der Waals surface area contributed by atoms with Crippen LogP contribution in [0.1, 0.15) is 51.8 Å². The maximum Gasteiger partial charge on any atom is 0.345 e. The van der Waals surface area contributed by atoms with Crippen molar-refractivity contribution in [1.82, 2.24) is 23.4 Å². The zero-order valence-electron chi connectivity index (χ0n) is 15.1. The molecule has 0 bridgehead atoms. The first-order valence-electron chi connectivity index (χ1n) is 9.31. The quantitative estimate of drug-likeness (QED) is 0.798. The van der Waals surface area contributed by atoms with Crippen molar-refractivity contribution in [3.05, 3.63) is 16.3 Å². The Balaban J connectivity index is 1.64. The maximum atomic E-state index is 12.5. The lowest BCUT2D eigenvalue weighted by Crippen LogP contribution is -2.44. The van der Waals surface area contributed by atoms with Crippen LogP contribution in [0.5, 0.6) is 0 Å². The summed E-state index contributed by atoms with van der Waals surface area (Å²) in [5, 5.41) is 4.47. The predicted octanol–water partition coefficient (Wildman–Crippen LogP) is 0.726. The van der Waals surface area contributed by atoms with Gasteiger partial charge in [-0.1, -0.05) is 13.8 Å². The molecular weight excluding hydrogens is 342 g/mol. The fourth-order valence-electron chi connectivity index (χ4n) is 3.49. The molecule has 0 radical (unpaired) electrons. The molecule has 1 fully saturated rings. The lowest BCUT2D eigenvalue weighted by molar-refractivity contribution is 0.430. The van der Waals surface area contributed by atoms with Crippen molar-refractivity contribution in [3.63, 3.8) is 0 Å². The van der Waals surface area contributed by atoms with Gasteiger partial charge in [-0.15, -0.1) is 0 Å². The second kappa shape index (κ2) is 7.59. The molecule has 1 N–H and O–H groups in total. The molecule has 142 valence electrons. The van der Waals surface area contributed by atoms with Crippen LogP contribution in [0.3, 0.4) is 0 Å². The zero-order chi connectivity index (χ0) is 18.0. The Hall–Kier alpha value is -1.19. The van der Waals surface area contributed by atoms with E-state index < -0.39 is 10.2 Å². The lowest BCUT2D eigenvalue weighted by Gasteiger charge is -2.21. The smallest absolute Gasteiger partial charge is 0.279 e. The summed E-state index contributed by atoms with van der Waals surface area (Å²) in [5.41, 5.74) is -0.0706. The first-order chi connectivity index (χ1) is 11.9. The van der Waals surface area contributed by atoms with Gasteiger partial charge in [0, 0.05) is 38.6 Å². The number of fused-ring (bicyclic) bond motifs is 1. The largest absolute Gasteiger partial charge is 0.345 e. The number of aryl methyl sites for hydroxylation is 2. The van der Waals surface area contributed by atoms with E-state index in [2.05, 4.69) is 23.7 Å². The molecule has 1 aromatic heterocycles. The molecule has 25 heavy (non-hydrogen) atoms. The number of hydrogen-bond donors (Lipinski definition) is 1. The van der Waals surface area contributed by atoms with Crippen LogP contribution in [-0.2, 0) is 29.7 Å². The van der Waals surface area contributed by atoms with Crippen molar-refractivity contribution >= 4 is 10.2 Å². The fourth-order valence-corrected chi connectivity index (χ4v) is 5.03. The van der Waals surface area contributed by atoms with E-state index in [-0.39, 0.29) is 11.7 Å². The highest BCUT2D eigenvalue weighted by Gasteiger charge is 2.29. The van der Waals surface area contributed by atoms with E-state index >= 15 is 0 Å². The van der Waals surface area contributed by atoms with E-state index in [1.54, 1.807) is 9.25 Å². The van der Waals surface area contributed by atoms with Crippen LogP contribution >= 0.6 is 0 Å². The standard InChI is InChI=1S/C16H29N5O3S/c1-13(2)7-12-21-16(22)20-11-8-14(5-6-15(20)17-21)18-25(23,24)19-9-3-4-10-19/h13-14,18H,3-12H2,1-2H3. The lowest BCUT2D eigenvalue weighted by atomic mass is 10.1. The minimum absolute atomic E-state index is 0.0706. The zero-order valence-corrected chi connectivity index (χ0v) is 16.0. The van der Waals surface area contributed by atoms with Crippen LogP contribution in [0, 0.1) is 5.92 Å². The Bertz CT molecular complexity index is 746. The van der Waals surface area contributed by atoms with Gasteiger partial charge in [-0.25, -0.2) is 9.48 Å². The van der Waals surface area contributed by atoms with Crippen LogP contribution < -0.4 is 10.4 Å². The Labute approximate surface area is 149 Å². The molecule has 0 saturated carbocycles. The van der Waals surface area contributed by atoms with Crippen molar-refractivity contribution in [2.24, 2.45) is 5.92 Å². The number of hydrogen-bond acceptors (Lipinski definition) is 4. The highest BCUT2D eigenvalue weighted by molar-refractivity contribution is 7.87. The third kappa shape index (κ3) is 4.32. The Kier molecular flexibility index (Phi) is 5.65. The maximum absolute atomic E-state index is 12.5. The van der Waals surface area contributed by atoms with Gasteiger partial charge in [-0.2, -0.15) is 22.5 Å². The molecule has 2 aliphatic heterocycles. The van der Waals surface area contributed by atoms with Crippen LogP contribution in [0.4, 0.5) is 0 Å². The van der Waals surface area contributed by atoms with Crippen molar-refractivity contribution in [3.8, 4) is 0 Å². The van der Waals surface area contributed by atoms with Gasteiger partial charge in [-0.05, 0) is 38.0 Å². The van der Waals surface area contributed by atoms with Crippen LogP contribution in [0.25, 0.3) is 0 Å². The first kappa shape index (κ1) is 18.6. The van der Waals surface area contributed by atoms with Gasteiger partial charge in [-0.3, -0.25) is 4.57 Å². The number of aromatic nitrogens is 3. The molecule has 1 saturated heterocycles. The van der Waals surface area contributed by atoms with Gasteiger partial charge in [0.05, 0.1) is 0 Å². The molecule has 8 nitrogen and oxygen atoms in total. The summed E-state index contributed by atoms with van der Waals surface area (Å²) in [6.45, 7) is 6.62. The normalized spacial score (nSPS) is 22.3. The average molecular weight is 372 g/mol. The van der Waals surface area contributed by atoms with E-state index in [1.807, 2.05) is 0 Å². The van der Waals surface area contributed by atoms with Gasteiger partial charge in [0.2, 0.25) is 0 Å². The Morgan fingerprint density at radius 3 is 2.60 bits per heavy atom. The molecule has 1 atom stereocenters. The molecule has 3 rings (SSSR count). The third-order valence-corrected chi connectivity index (χ3v) is 6.73. The molecule has 1 unspecified atom stereocenters. The van der Waals surface area contributed by atoms with E-state index in [1.165, 1.54) is 4.31 Å². The second-order valence-electron chi connectivity index (χ2n) is 7.51. The van der Waals surface area contributed by atoms with Crippen molar-refractivity contribution in [2.75, 3.05) is 13.1 Å². The Morgan fingerprint density at radius 1 is 1.20 bits per heavy atom. The minimum atomic E-state index is -3.41. The number of nitrogens with one attached hydrogen (secondary N) is 1. The topological polar surface area (TPSA) is 89.2 Å². The summed E-state index contributed by atoms with van der Waals surface area (Å²) in [6.07, 6.45) is 4.70. The summed E-state index contributed by atoms with van der Waals surface area (Å²) < 4.78 is 32.5. The summed E-state index contributed by atoms with van der Waals surface area (Å²) in [5.74, 6) is 1.30.